The highest BCUT2D eigenvalue weighted by Crippen LogP contribution is 2.45. The lowest BCUT2D eigenvalue weighted by Gasteiger charge is -2.12. The summed E-state index contributed by atoms with van der Waals surface area (Å²) in [5.74, 6) is -0.0451. The Morgan fingerprint density at radius 2 is 2.12 bits per heavy atom. The topological polar surface area (TPSA) is 145 Å². The summed E-state index contributed by atoms with van der Waals surface area (Å²) < 4.78 is 19.3. The number of carbonyl (C=O) groups excluding carboxylic acids is 1. The first-order valence-corrected chi connectivity index (χ1v) is 9.95. The summed E-state index contributed by atoms with van der Waals surface area (Å²) in [5.41, 5.74) is 13.0. The molecule has 5 N–H and O–H groups in total. The highest BCUT2D eigenvalue weighted by atomic mass is 19.1. The minimum Gasteiger partial charge on any atom is -0.443 e. The van der Waals surface area contributed by atoms with E-state index in [-0.39, 0.29) is 52.6 Å². The van der Waals surface area contributed by atoms with E-state index in [9.17, 15) is 9.18 Å². The van der Waals surface area contributed by atoms with Crippen LogP contribution in [0.1, 0.15) is 37.0 Å². The SMILES string of the molecule is CC1(C(=O)Nc2cnc(C(N)=CC(=NCc3ccccc3F)c3ncco3)nc2N)CC1. The number of nitrogen functional groups attached to an aromatic ring is 1. The van der Waals surface area contributed by atoms with E-state index in [1.807, 2.05) is 6.92 Å². The molecule has 0 unspecified atom stereocenters. The summed E-state index contributed by atoms with van der Waals surface area (Å²) >= 11 is 0. The zero-order valence-corrected chi connectivity index (χ0v) is 17.4. The van der Waals surface area contributed by atoms with Crippen LogP contribution in [0.25, 0.3) is 5.70 Å². The maximum absolute atomic E-state index is 13.9. The van der Waals surface area contributed by atoms with Gasteiger partial charge in [-0.05, 0) is 25.0 Å². The van der Waals surface area contributed by atoms with Crippen LogP contribution in [-0.4, -0.2) is 26.6 Å². The van der Waals surface area contributed by atoms with Gasteiger partial charge >= 0.3 is 0 Å². The summed E-state index contributed by atoms with van der Waals surface area (Å²) in [6.45, 7) is 1.94. The molecule has 4 rings (SSSR count). The van der Waals surface area contributed by atoms with Crippen LogP contribution in [0, 0.1) is 11.2 Å². The van der Waals surface area contributed by atoms with Crippen molar-refractivity contribution in [3.63, 3.8) is 0 Å². The van der Waals surface area contributed by atoms with Gasteiger partial charge in [-0.25, -0.2) is 19.3 Å². The van der Waals surface area contributed by atoms with Gasteiger partial charge in [0.15, 0.2) is 11.6 Å². The number of allylic oxidation sites excluding steroid dienone is 1. The van der Waals surface area contributed by atoms with Crippen LogP contribution in [0.5, 0.6) is 0 Å². The molecule has 1 aliphatic rings. The zero-order valence-electron chi connectivity index (χ0n) is 17.4. The van der Waals surface area contributed by atoms with Gasteiger partial charge in [0.1, 0.15) is 23.5 Å². The fourth-order valence-corrected chi connectivity index (χ4v) is 2.85. The molecule has 0 bridgehead atoms. The lowest BCUT2D eigenvalue weighted by molar-refractivity contribution is -0.120. The number of nitrogens with zero attached hydrogens (tertiary/aromatic N) is 4. The second-order valence-electron chi connectivity index (χ2n) is 7.74. The fraction of sp³-hybridized carbons (Fsp3) is 0.227. The number of hydrogen-bond donors (Lipinski definition) is 3. The number of benzene rings is 1. The number of amides is 1. The Labute approximate surface area is 183 Å². The van der Waals surface area contributed by atoms with E-state index in [0.717, 1.165) is 12.8 Å². The van der Waals surface area contributed by atoms with Gasteiger partial charge in [0, 0.05) is 11.0 Å². The number of rotatable bonds is 7. The number of halogens is 1. The number of hydrogen-bond acceptors (Lipinski definition) is 8. The molecule has 1 aromatic carbocycles. The van der Waals surface area contributed by atoms with E-state index < -0.39 is 0 Å². The van der Waals surface area contributed by atoms with Crippen molar-refractivity contribution >= 4 is 28.8 Å². The third-order valence-electron chi connectivity index (χ3n) is 5.19. The Morgan fingerprint density at radius 3 is 2.78 bits per heavy atom. The van der Waals surface area contributed by atoms with Gasteiger partial charge in [-0.15, -0.1) is 0 Å². The highest BCUT2D eigenvalue weighted by molar-refractivity contribution is 6.09. The molecule has 0 aliphatic heterocycles. The Balaban J connectivity index is 1.58. The van der Waals surface area contributed by atoms with Crippen LogP contribution in [0.3, 0.4) is 0 Å². The summed E-state index contributed by atoms with van der Waals surface area (Å²) in [7, 11) is 0. The van der Waals surface area contributed by atoms with Crippen molar-refractivity contribution in [2.24, 2.45) is 16.1 Å². The molecule has 164 valence electrons. The number of aliphatic imine (C=N–C) groups is 1. The molecule has 3 aromatic rings. The largest absolute Gasteiger partial charge is 0.443 e. The first-order valence-electron chi connectivity index (χ1n) is 9.95. The first-order chi connectivity index (χ1) is 15.4. The third kappa shape index (κ3) is 4.64. The Morgan fingerprint density at radius 1 is 1.34 bits per heavy atom. The average Bonchev–Trinajstić information content (AvgIpc) is 3.30. The van der Waals surface area contributed by atoms with Gasteiger partial charge in [0.25, 0.3) is 0 Å². The van der Waals surface area contributed by atoms with Gasteiger partial charge < -0.3 is 21.2 Å². The summed E-state index contributed by atoms with van der Waals surface area (Å²) in [4.78, 5) is 29.1. The van der Waals surface area contributed by atoms with Gasteiger partial charge in [0.2, 0.25) is 11.8 Å². The van der Waals surface area contributed by atoms with E-state index in [1.54, 1.807) is 18.2 Å². The van der Waals surface area contributed by atoms with Crippen molar-refractivity contribution in [3.05, 3.63) is 72.1 Å². The van der Waals surface area contributed by atoms with Crippen molar-refractivity contribution in [2.45, 2.75) is 26.3 Å². The van der Waals surface area contributed by atoms with E-state index in [0.29, 0.717) is 11.3 Å². The zero-order chi connectivity index (χ0) is 22.7. The number of nitrogens with one attached hydrogen (secondary N) is 1. The molecule has 1 saturated carbocycles. The highest BCUT2D eigenvalue weighted by Gasteiger charge is 2.45. The molecule has 2 aromatic heterocycles. The standard InChI is InChI=1S/C22H22FN7O2/c1-22(6-7-22)21(31)29-17-12-28-19(30-18(17)25)15(24)10-16(20-26-8-9-32-20)27-11-13-4-2-3-5-14(13)23/h2-5,8-10,12H,6-7,11,24H2,1H3,(H,29,31)(H2,25,28,30). The Hall–Kier alpha value is -4.08. The Bertz CT molecular complexity index is 1200. The van der Waals surface area contributed by atoms with Crippen LogP contribution < -0.4 is 16.8 Å². The van der Waals surface area contributed by atoms with Gasteiger partial charge in [-0.2, -0.15) is 0 Å². The normalized spacial score (nSPS) is 15.4. The summed E-state index contributed by atoms with van der Waals surface area (Å²) in [5, 5.41) is 2.75. The van der Waals surface area contributed by atoms with Gasteiger partial charge in [0.05, 0.1) is 24.6 Å². The van der Waals surface area contributed by atoms with Crippen LogP contribution >= 0.6 is 0 Å². The quantitative estimate of drug-likeness (QED) is 0.484. The molecular formula is C22H22FN7O2. The maximum atomic E-state index is 13.9. The minimum absolute atomic E-state index is 0.0564. The second-order valence-corrected chi connectivity index (χ2v) is 7.74. The molecule has 0 radical (unpaired) electrons. The molecule has 0 saturated heterocycles. The van der Waals surface area contributed by atoms with E-state index >= 15 is 0 Å². The maximum Gasteiger partial charge on any atom is 0.244 e. The smallest absolute Gasteiger partial charge is 0.244 e. The molecule has 0 spiro atoms. The van der Waals surface area contributed by atoms with Crippen LogP contribution in [0.15, 0.2) is 58.4 Å². The molecule has 1 aliphatic carbocycles. The first kappa shape index (κ1) is 21.2. The van der Waals surface area contributed by atoms with Crippen LogP contribution in [0.2, 0.25) is 0 Å². The third-order valence-corrected chi connectivity index (χ3v) is 5.19. The van der Waals surface area contributed by atoms with E-state index in [2.05, 4.69) is 25.3 Å². The molecular weight excluding hydrogens is 413 g/mol. The average molecular weight is 435 g/mol. The number of anilines is 2. The van der Waals surface area contributed by atoms with Crippen molar-refractivity contribution in [1.82, 2.24) is 15.0 Å². The molecule has 9 nitrogen and oxygen atoms in total. The number of oxazole rings is 1. The monoisotopic (exact) mass is 435 g/mol. The summed E-state index contributed by atoms with van der Waals surface area (Å²) in [6, 6.07) is 6.33. The lowest BCUT2D eigenvalue weighted by atomic mass is 10.1. The van der Waals surface area contributed by atoms with Gasteiger partial charge in [-0.3, -0.25) is 9.79 Å². The second kappa shape index (κ2) is 8.58. The number of aromatic nitrogens is 3. The molecule has 2 heterocycles. The molecule has 1 fully saturated rings. The van der Waals surface area contributed by atoms with E-state index in [4.69, 9.17) is 15.9 Å². The van der Waals surface area contributed by atoms with Crippen molar-refractivity contribution in [3.8, 4) is 0 Å². The number of carbonyl (C=O) groups is 1. The van der Waals surface area contributed by atoms with Crippen molar-refractivity contribution in [1.29, 1.82) is 0 Å². The molecule has 1 amide bonds. The Kier molecular flexibility index (Phi) is 5.67. The lowest BCUT2D eigenvalue weighted by Crippen LogP contribution is -2.22. The minimum atomic E-state index is -0.367. The van der Waals surface area contributed by atoms with Gasteiger partial charge in [-0.1, -0.05) is 25.1 Å². The molecule has 10 heteroatoms. The molecule has 32 heavy (non-hydrogen) atoms. The van der Waals surface area contributed by atoms with E-state index in [1.165, 1.54) is 30.8 Å². The number of nitrogens with two attached hydrogens (primary N) is 2. The predicted molar refractivity (Wildman–Crippen MR) is 118 cm³/mol. The summed E-state index contributed by atoms with van der Waals surface area (Å²) in [6.07, 6.45) is 7.41. The van der Waals surface area contributed by atoms with Crippen LogP contribution in [0.4, 0.5) is 15.9 Å². The van der Waals surface area contributed by atoms with Crippen molar-refractivity contribution < 1.29 is 13.6 Å². The fourth-order valence-electron chi connectivity index (χ4n) is 2.85. The van der Waals surface area contributed by atoms with Crippen LogP contribution in [-0.2, 0) is 11.3 Å². The predicted octanol–water partition coefficient (Wildman–Crippen LogP) is 2.91. The van der Waals surface area contributed by atoms with Crippen molar-refractivity contribution in [2.75, 3.05) is 11.1 Å². The molecule has 0 atom stereocenters.